The molecule has 0 atom stereocenters. The van der Waals surface area contributed by atoms with Crippen LogP contribution < -0.4 is 15.4 Å². The molecule has 1 saturated heterocycles. The number of piperazine rings is 1. The Balaban J connectivity index is 0.00000261. The number of ether oxygens (including phenoxy) is 1. The molecular weight excluding hydrogens is 473 g/mol. The van der Waals surface area contributed by atoms with Gasteiger partial charge in [-0.05, 0) is 32.4 Å². The average Bonchev–Trinajstić information content (AvgIpc) is 3.15. The molecule has 1 aromatic heterocycles. The van der Waals surface area contributed by atoms with Gasteiger partial charge in [0.2, 0.25) is 0 Å². The molecule has 0 amide bonds. The lowest BCUT2D eigenvalue weighted by Crippen LogP contribution is -2.51. The van der Waals surface area contributed by atoms with Crippen LogP contribution in [-0.2, 0) is 6.54 Å². The first-order valence-corrected chi connectivity index (χ1v) is 9.86. The van der Waals surface area contributed by atoms with E-state index in [1.165, 1.54) is 5.56 Å². The third kappa shape index (κ3) is 5.97. The van der Waals surface area contributed by atoms with Gasteiger partial charge in [-0.25, -0.2) is 9.98 Å². The Morgan fingerprint density at radius 1 is 1.30 bits per heavy atom. The summed E-state index contributed by atoms with van der Waals surface area (Å²) < 4.78 is 5.92. The molecule has 0 bridgehead atoms. The van der Waals surface area contributed by atoms with Crippen molar-refractivity contribution >= 4 is 46.4 Å². The summed E-state index contributed by atoms with van der Waals surface area (Å²) in [6, 6.07) is 6.22. The summed E-state index contributed by atoms with van der Waals surface area (Å²) in [7, 11) is 0. The van der Waals surface area contributed by atoms with E-state index in [0.29, 0.717) is 12.5 Å². The molecule has 6 nitrogen and oxygen atoms in total. The molecule has 1 aliphatic rings. The second-order valence-electron chi connectivity index (χ2n) is 6.74. The van der Waals surface area contributed by atoms with Crippen molar-refractivity contribution in [2.24, 2.45) is 10.7 Å². The van der Waals surface area contributed by atoms with Crippen molar-refractivity contribution in [2.45, 2.75) is 33.4 Å². The number of hydrogen-bond acceptors (Lipinski definition) is 5. The van der Waals surface area contributed by atoms with E-state index in [9.17, 15) is 0 Å². The van der Waals surface area contributed by atoms with Crippen LogP contribution in [-0.4, -0.2) is 48.1 Å². The van der Waals surface area contributed by atoms with Crippen molar-refractivity contribution in [1.82, 2.24) is 9.88 Å². The number of thiazole rings is 1. The topological polar surface area (TPSA) is 67.0 Å². The molecular formula is C19H28IN5OS. The number of anilines is 1. The Morgan fingerprint density at radius 2 is 2.04 bits per heavy atom. The van der Waals surface area contributed by atoms with Gasteiger partial charge in [-0.1, -0.05) is 12.1 Å². The maximum absolute atomic E-state index is 6.25. The van der Waals surface area contributed by atoms with E-state index >= 15 is 0 Å². The molecule has 0 aliphatic carbocycles. The number of guanidine groups is 1. The zero-order valence-corrected chi connectivity index (χ0v) is 19.2. The standard InChI is InChI=1S/C19H27N5OS.HI/c1-14(2)25-17-12-15(3)4-5-16(17)13-22-18(20)23-7-9-24(10-8-23)19-21-6-11-26-19;/h4-6,11-12,14H,7-10,13H2,1-3H3,(H2,20,22);1H. The average molecular weight is 501 g/mol. The molecule has 2 aromatic rings. The predicted molar refractivity (Wildman–Crippen MR) is 124 cm³/mol. The molecule has 1 aromatic carbocycles. The maximum Gasteiger partial charge on any atom is 0.191 e. The summed E-state index contributed by atoms with van der Waals surface area (Å²) in [6.45, 7) is 10.2. The highest BCUT2D eigenvalue weighted by Gasteiger charge is 2.19. The molecule has 1 fully saturated rings. The van der Waals surface area contributed by atoms with E-state index in [1.54, 1.807) is 11.3 Å². The van der Waals surface area contributed by atoms with Gasteiger partial charge in [-0.2, -0.15) is 0 Å². The number of nitrogens with zero attached hydrogens (tertiary/aromatic N) is 4. The van der Waals surface area contributed by atoms with Crippen LogP contribution in [0.25, 0.3) is 0 Å². The summed E-state index contributed by atoms with van der Waals surface area (Å²) in [6.07, 6.45) is 1.98. The number of benzene rings is 1. The minimum absolute atomic E-state index is 0. The van der Waals surface area contributed by atoms with Crippen molar-refractivity contribution in [3.8, 4) is 5.75 Å². The lowest BCUT2D eigenvalue weighted by Gasteiger charge is -2.35. The SMILES string of the molecule is Cc1ccc(CN=C(N)N2CCN(c3nccs3)CC2)c(OC(C)C)c1.I. The van der Waals surface area contributed by atoms with Crippen LogP contribution in [0.4, 0.5) is 5.13 Å². The van der Waals surface area contributed by atoms with Crippen LogP contribution in [0.5, 0.6) is 5.75 Å². The van der Waals surface area contributed by atoms with Crippen molar-refractivity contribution in [3.63, 3.8) is 0 Å². The second kappa shape index (κ2) is 10.1. The fourth-order valence-corrected chi connectivity index (χ4v) is 3.62. The smallest absolute Gasteiger partial charge is 0.191 e. The number of aryl methyl sites for hydroxylation is 1. The molecule has 27 heavy (non-hydrogen) atoms. The number of aliphatic imine (C=N–C) groups is 1. The van der Waals surface area contributed by atoms with E-state index in [2.05, 4.69) is 44.9 Å². The third-order valence-corrected chi connectivity index (χ3v) is 5.12. The number of hydrogen-bond donors (Lipinski definition) is 1. The van der Waals surface area contributed by atoms with Crippen LogP contribution >= 0.6 is 35.3 Å². The molecule has 0 radical (unpaired) electrons. The summed E-state index contributed by atoms with van der Waals surface area (Å²) in [5, 5.41) is 3.09. The fourth-order valence-electron chi connectivity index (χ4n) is 2.92. The Labute approximate surface area is 182 Å². The van der Waals surface area contributed by atoms with Gasteiger partial charge in [-0.15, -0.1) is 35.3 Å². The molecule has 2 heterocycles. The molecule has 0 saturated carbocycles. The molecule has 0 spiro atoms. The molecule has 0 unspecified atom stereocenters. The van der Waals surface area contributed by atoms with Gasteiger partial charge >= 0.3 is 0 Å². The van der Waals surface area contributed by atoms with Crippen LogP contribution in [0.1, 0.15) is 25.0 Å². The van der Waals surface area contributed by atoms with Gasteiger partial charge in [0.05, 0.1) is 12.6 Å². The maximum atomic E-state index is 6.25. The van der Waals surface area contributed by atoms with E-state index < -0.39 is 0 Å². The number of rotatable bonds is 5. The lowest BCUT2D eigenvalue weighted by atomic mass is 10.1. The Bertz CT molecular complexity index is 743. The first kappa shape index (κ1) is 21.7. The third-order valence-electron chi connectivity index (χ3n) is 4.29. The van der Waals surface area contributed by atoms with Gasteiger partial charge < -0.3 is 20.3 Å². The molecule has 1 aliphatic heterocycles. The van der Waals surface area contributed by atoms with Crippen molar-refractivity contribution in [2.75, 3.05) is 31.1 Å². The zero-order chi connectivity index (χ0) is 18.5. The number of aromatic nitrogens is 1. The highest BCUT2D eigenvalue weighted by atomic mass is 127. The van der Waals surface area contributed by atoms with Gasteiger partial charge in [0.1, 0.15) is 5.75 Å². The largest absolute Gasteiger partial charge is 0.491 e. The first-order chi connectivity index (χ1) is 12.5. The van der Waals surface area contributed by atoms with E-state index in [4.69, 9.17) is 10.5 Å². The summed E-state index contributed by atoms with van der Waals surface area (Å²) in [5.41, 5.74) is 8.49. The van der Waals surface area contributed by atoms with Crippen molar-refractivity contribution in [3.05, 3.63) is 40.9 Å². The van der Waals surface area contributed by atoms with E-state index in [0.717, 1.165) is 42.6 Å². The summed E-state index contributed by atoms with van der Waals surface area (Å²) in [5.74, 6) is 1.49. The minimum atomic E-state index is 0. The summed E-state index contributed by atoms with van der Waals surface area (Å²) >= 11 is 1.67. The van der Waals surface area contributed by atoms with Crippen LogP contribution in [0, 0.1) is 6.92 Å². The van der Waals surface area contributed by atoms with Crippen molar-refractivity contribution in [1.29, 1.82) is 0 Å². The molecule has 3 rings (SSSR count). The second-order valence-corrected chi connectivity index (χ2v) is 7.61. The van der Waals surface area contributed by atoms with E-state index in [-0.39, 0.29) is 30.1 Å². The number of halogens is 1. The predicted octanol–water partition coefficient (Wildman–Crippen LogP) is 3.49. The number of nitrogens with two attached hydrogens (primary N) is 1. The normalized spacial score (nSPS) is 15.0. The molecule has 2 N–H and O–H groups in total. The quantitative estimate of drug-likeness (QED) is 0.386. The Hall–Kier alpha value is -1.55. The lowest BCUT2D eigenvalue weighted by molar-refractivity contribution is 0.240. The zero-order valence-electron chi connectivity index (χ0n) is 16.1. The molecule has 148 valence electrons. The van der Waals surface area contributed by atoms with Crippen LogP contribution in [0.2, 0.25) is 0 Å². The van der Waals surface area contributed by atoms with Gasteiger partial charge in [-0.3, -0.25) is 0 Å². The van der Waals surface area contributed by atoms with Gasteiger partial charge in [0.15, 0.2) is 11.1 Å². The van der Waals surface area contributed by atoms with E-state index in [1.807, 2.05) is 25.4 Å². The fraction of sp³-hybridized carbons (Fsp3) is 0.474. The van der Waals surface area contributed by atoms with Gasteiger partial charge in [0, 0.05) is 43.3 Å². The first-order valence-electron chi connectivity index (χ1n) is 8.98. The highest BCUT2D eigenvalue weighted by molar-refractivity contribution is 14.0. The van der Waals surface area contributed by atoms with Crippen molar-refractivity contribution < 1.29 is 4.74 Å². The Morgan fingerprint density at radius 3 is 2.67 bits per heavy atom. The summed E-state index contributed by atoms with van der Waals surface area (Å²) in [4.78, 5) is 13.4. The minimum Gasteiger partial charge on any atom is -0.491 e. The van der Waals surface area contributed by atoms with Crippen LogP contribution in [0.3, 0.4) is 0 Å². The highest BCUT2D eigenvalue weighted by Crippen LogP contribution is 2.23. The van der Waals surface area contributed by atoms with Crippen LogP contribution in [0.15, 0.2) is 34.8 Å². The van der Waals surface area contributed by atoms with Gasteiger partial charge in [0.25, 0.3) is 0 Å². The Kier molecular flexibility index (Phi) is 8.15. The monoisotopic (exact) mass is 501 g/mol. The molecule has 8 heteroatoms.